The molecular formula is C25H29N3O2. The van der Waals surface area contributed by atoms with Gasteiger partial charge in [-0.15, -0.1) is 0 Å². The SMILES string of the molecule is CC(C)Cn1c(CN)c(-c2ccccc2)c2cc(C(=O)N3CCCC3)ccc2c1=O. The number of likely N-dealkylation sites (tertiary alicyclic amines) is 1. The average molecular weight is 404 g/mol. The third kappa shape index (κ3) is 3.65. The number of carbonyl (C=O) groups excluding carboxylic acids is 1. The third-order valence-corrected chi connectivity index (χ3v) is 5.82. The Hall–Kier alpha value is -2.92. The summed E-state index contributed by atoms with van der Waals surface area (Å²) in [6.45, 7) is 6.65. The van der Waals surface area contributed by atoms with Gasteiger partial charge in [0, 0.05) is 48.4 Å². The van der Waals surface area contributed by atoms with Crippen LogP contribution in [0.1, 0.15) is 42.7 Å². The molecule has 0 aliphatic carbocycles. The van der Waals surface area contributed by atoms with Gasteiger partial charge in [-0.05, 0) is 47.9 Å². The second-order valence-electron chi connectivity index (χ2n) is 8.46. The van der Waals surface area contributed by atoms with Crippen LogP contribution in [0.2, 0.25) is 0 Å². The van der Waals surface area contributed by atoms with Crippen molar-refractivity contribution in [3.8, 4) is 11.1 Å². The lowest BCUT2D eigenvalue weighted by molar-refractivity contribution is 0.0793. The lowest BCUT2D eigenvalue weighted by atomic mass is 9.94. The first-order valence-electron chi connectivity index (χ1n) is 10.8. The molecule has 0 atom stereocenters. The summed E-state index contributed by atoms with van der Waals surface area (Å²) in [6.07, 6.45) is 2.09. The fraction of sp³-hybridized carbons (Fsp3) is 0.360. The van der Waals surface area contributed by atoms with Crippen molar-refractivity contribution in [2.24, 2.45) is 11.7 Å². The molecule has 5 nitrogen and oxygen atoms in total. The molecule has 0 saturated carbocycles. The van der Waals surface area contributed by atoms with E-state index in [2.05, 4.69) is 13.8 Å². The molecule has 0 spiro atoms. The molecule has 4 rings (SSSR count). The Morgan fingerprint density at radius 1 is 1.03 bits per heavy atom. The summed E-state index contributed by atoms with van der Waals surface area (Å²) in [5.41, 5.74) is 9.55. The van der Waals surface area contributed by atoms with Gasteiger partial charge in [-0.3, -0.25) is 9.59 Å². The highest BCUT2D eigenvalue weighted by Gasteiger charge is 2.22. The Bertz CT molecular complexity index is 1130. The standard InChI is InChI=1S/C25H29N3O2/c1-17(2)16-28-22(15-26)23(18-8-4-3-5-9-18)21-14-19(10-11-20(21)25(28)30)24(29)27-12-6-7-13-27/h3-5,8-11,14,17H,6-7,12-13,15-16,26H2,1-2H3. The maximum Gasteiger partial charge on any atom is 0.258 e. The molecular weight excluding hydrogens is 374 g/mol. The number of nitrogens with zero attached hydrogens (tertiary/aromatic N) is 2. The van der Waals surface area contributed by atoms with Crippen LogP contribution >= 0.6 is 0 Å². The number of hydrogen-bond donors (Lipinski definition) is 1. The zero-order valence-electron chi connectivity index (χ0n) is 17.7. The van der Waals surface area contributed by atoms with E-state index in [1.54, 1.807) is 6.07 Å². The molecule has 3 aromatic rings. The maximum absolute atomic E-state index is 13.4. The van der Waals surface area contributed by atoms with E-state index in [-0.39, 0.29) is 18.0 Å². The van der Waals surface area contributed by atoms with Crippen molar-refractivity contribution in [1.29, 1.82) is 0 Å². The number of aromatic nitrogens is 1. The minimum Gasteiger partial charge on any atom is -0.339 e. The lowest BCUT2D eigenvalue weighted by Crippen LogP contribution is -2.29. The maximum atomic E-state index is 13.4. The van der Waals surface area contributed by atoms with Crippen LogP contribution in [-0.2, 0) is 13.1 Å². The van der Waals surface area contributed by atoms with Crippen LogP contribution in [0.5, 0.6) is 0 Å². The van der Waals surface area contributed by atoms with Gasteiger partial charge in [0.2, 0.25) is 0 Å². The summed E-state index contributed by atoms with van der Waals surface area (Å²) in [7, 11) is 0. The van der Waals surface area contributed by atoms with Crippen molar-refractivity contribution in [2.75, 3.05) is 13.1 Å². The fourth-order valence-electron chi connectivity index (χ4n) is 4.43. The van der Waals surface area contributed by atoms with Gasteiger partial charge in [0.1, 0.15) is 0 Å². The summed E-state index contributed by atoms with van der Waals surface area (Å²) in [5.74, 6) is 0.346. The molecule has 1 aliphatic rings. The van der Waals surface area contributed by atoms with Crippen molar-refractivity contribution < 1.29 is 4.79 Å². The number of pyridine rings is 1. The second kappa shape index (κ2) is 8.44. The molecule has 2 heterocycles. The van der Waals surface area contributed by atoms with Gasteiger partial charge in [-0.1, -0.05) is 44.2 Å². The molecule has 0 bridgehead atoms. The van der Waals surface area contributed by atoms with E-state index >= 15 is 0 Å². The lowest BCUT2D eigenvalue weighted by Gasteiger charge is -2.21. The van der Waals surface area contributed by atoms with Gasteiger partial charge >= 0.3 is 0 Å². The average Bonchev–Trinajstić information content (AvgIpc) is 3.30. The molecule has 156 valence electrons. The van der Waals surface area contributed by atoms with E-state index in [4.69, 9.17) is 5.73 Å². The van der Waals surface area contributed by atoms with Crippen LogP contribution in [0.15, 0.2) is 53.3 Å². The molecule has 5 heteroatoms. The number of amides is 1. The zero-order chi connectivity index (χ0) is 21.3. The van der Waals surface area contributed by atoms with Crippen molar-refractivity contribution >= 4 is 16.7 Å². The molecule has 0 unspecified atom stereocenters. The van der Waals surface area contributed by atoms with Gasteiger partial charge < -0.3 is 15.2 Å². The number of nitrogens with two attached hydrogens (primary N) is 1. The van der Waals surface area contributed by atoms with E-state index < -0.39 is 0 Å². The van der Waals surface area contributed by atoms with Gasteiger partial charge in [0.25, 0.3) is 11.5 Å². The van der Waals surface area contributed by atoms with E-state index in [1.807, 2.05) is 51.9 Å². The monoisotopic (exact) mass is 403 g/mol. The molecule has 1 aromatic heterocycles. The molecule has 1 amide bonds. The summed E-state index contributed by atoms with van der Waals surface area (Å²) >= 11 is 0. The van der Waals surface area contributed by atoms with E-state index in [9.17, 15) is 9.59 Å². The van der Waals surface area contributed by atoms with Gasteiger partial charge in [0.15, 0.2) is 0 Å². The van der Waals surface area contributed by atoms with Crippen LogP contribution in [-0.4, -0.2) is 28.5 Å². The molecule has 2 N–H and O–H groups in total. The van der Waals surface area contributed by atoms with Crippen molar-refractivity contribution in [3.63, 3.8) is 0 Å². The highest BCUT2D eigenvalue weighted by Crippen LogP contribution is 2.32. The number of fused-ring (bicyclic) bond motifs is 1. The minimum atomic E-state index is -0.0426. The quantitative estimate of drug-likeness (QED) is 0.700. The highest BCUT2D eigenvalue weighted by molar-refractivity contribution is 6.03. The zero-order valence-corrected chi connectivity index (χ0v) is 17.7. The predicted molar refractivity (Wildman–Crippen MR) is 122 cm³/mol. The van der Waals surface area contributed by atoms with Crippen LogP contribution in [0, 0.1) is 5.92 Å². The molecule has 1 aliphatic heterocycles. The van der Waals surface area contributed by atoms with Crippen molar-refractivity contribution in [2.45, 2.75) is 39.8 Å². The Kier molecular flexibility index (Phi) is 5.73. The summed E-state index contributed by atoms with van der Waals surface area (Å²) < 4.78 is 1.82. The first-order chi connectivity index (χ1) is 14.5. The number of rotatable bonds is 5. The first-order valence-corrected chi connectivity index (χ1v) is 10.8. The first kappa shape index (κ1) is 20.4. The van der Waals surface area contributed by atoms with Gasteiger partial charge in [0.05, 0.1) is 0 Å². The molecule has 1 saturated heterocycles. The largest absolute Gasteiger partial charge is 0.339 e. The van der Waals surface area contributed by atoms with Crippen LogP contribution < -0.4 is 11.3 Å². The topological polar surface area (TPSA) is 68.3 Å². The molecule has 30 heavy (non-hydrogen) atoms. The smallest absolute Gasteiger partial charge is 0.258 e. The molecule has 0 radical (unpaired) electrons. The minimum absolute atomic E-state index is 0.0362. The second-order valence-corrected chi connectivity index (χ2v) is 8.46. The summed E-state index contributed by atoms with van der Waals surface area (Å²) in [4.78, 5) is 28.3. The van der Waals surface area contributed by atoms with E-state index in [0.717, 1.165) is 48.1 Å². The van der Waals surface area contributed by atoms with E-state index in [0.29, 0.717) is 23.4 Å². The highest BCUT2D eigenvalue weighted by atomic mass is 16.2. The Balaban J connectivity index is 2.01. The fourth-order valence-corrected chi connectivity index (χ4v) is 4.43. The van der Waals surface area contributed by atoms with Crippen LogP contribution in [0.3, 0.4) is 0 Å². The normalized spacial score (nSPS) is 14.1. The summed E-state index contributed by atoms with van der Waals surface area (Å²) in [5, 5.41) is 1.43. The number of hydrogen-bond acceptors (Lipinski definition) is 3. The molecule has 2 aromatic carbocycles. The van der Waals surface area contributed by atoms with Gasteiger partial charge in [-0.2, -0.15) is 0 Å². The number of benzene rings is 2. The van der Waals surface area contributed by atoms with Crippen LogP contribution in [0.25, 0.3) is 21.9 Å². The number of carbonyl (C=O) groups is 1. The van der Waals surface area contributed by atoms with E-state index in [1.165, 1.54) is 0 Å². The Morgan fingerprint density at radius 3 is 2.37 bits per heavy atom. The molecule has 1 fully saturated rings. The Labute approximate surface area is 177 Å². The van der Waals surface area contributed by atoms with Crippen LogP contribution in [0.4, 0.5) is 0 Å². The van der Waals surface area contributed by atoms with Crippen molar-refractivity contribution in [1.82, 2.24) is 9.47 Å². The van der Waals surface area contributed by atoms with Gasteiger partial charge in [-0.25, -0.2) is 0 Å². The summed E-state index contributed by atoms with van der Waals surface area (Å²) in [6, 6.07) is 15.5. The van der Waals surface area contributed by atoms with Crippen molar-refractivity contribution in [3.05, 3.63) is 70.1 Å². The third-order valence-electron chi connectivity index (χ3n) is 5.82. The predicted octanol–water partition coefficient (Wildman–Crippen LogP) is 4.02. The Morgan fingerprint density at radius 2 is 1.73 bits per heavy atom.